The number of hydrogen-bond acceptors (Lipinski definition) is 6. The minimum Gasteiger partial charge on any atom is -0.444 e. The monoisotopic (exact) mass is 550 g/mol. The third-order valence-electron chi connectivity index (χ3n) is 4.62. The third kappa shape index (κ3) is 10.0. The molecule has 1 aliphatic carbocycles. The lowest BCUT2D eigenvalue weighted by Crippen LogP contribution is -2.48. The molecule has 1 heterocycles. The fourth-order valence-corrected chi connectivity index (χ4v) is 3.14. The van der Waals surface area contributed by atoms with E-state index in [1.165, 1.54) is 0 Å². The molecular weight excluding hydrogens is 511 g/mol. The molecule has 9 nitrogen and oxygen atoms in total. The first-order valence-corrected chi connectivity index (χ1v) is 10.8. The van der Waals surface area contributed by atoms with Gasteiger partial charge in [0.2, 0.25) is 5.89 Å². The molecule has 10 heteroatoms. The van der Waals surface area contributed by atoms with Crippen molar-refractivity contribution in [2.75, 3.05) is 6.54 Å². The molecular formula is C21H39IN6O3. The van der Waals surface area contributed by atoms with Crippen LogP contribution in [0.5, 0.6) is 0 Å². The van der Waals surface area contributed by atoms with Gasteiger partial charge in [-0.05, 0) is 53.4 Å². The van der Waals surface area contributed by atoms with Gasteiger partial charge in [-0.15, -0.1) is 24.0 Å². The number of nitrogens with zero attached hydrogens (tertiary/aromatic N) is 3. The van der Waals surface area contributed by atoms with E-state index in [2.05, 4.69) is 31.1 Å². The number of rotatable bonds is 5. The molecule has 178 valence electrons. The van der Waals surface area contributed by atoms with Crippen LogP contribution in [-0.2, 0) is 16.7 Å². The Morgan fingerprint density at radius 2 is 1.68 bits per heavy atom. The molecule has 0 aromatic carbocycles. The zero-order chi connectivity index (χ0) is 22.4. The molecule has 1 aliphatic rings. The van der Waals surface area contributed by atoms with Crippen molar-refractivity contribution in [3.63, 3.8) is 0 Å². The van der Waals surface area contributed by atoms with E-state index in [0.717, 1.165) is 38.2 Å². The molecule has 1 saturated carbocycles. The molecule has 0 unspecified atom stereocenters. The van der Waals surface area contributed by atoms with Crippen molar-refractivity contribution >= 4 is 36.0 Å². The number of carbonyl (C=O) groups is 1. The smallest absolute Gasteiger partial charge is 0.407 e. The van der Waals surface area contributed by atoms with Crippen LogP contribution in [0, 0.1) is 0 Å². The van der Waals surface area contributed by atoms with Gasteiger partial charge in [0.05, 0.1) is 0 Å². The second-order valence-electron chi connectivity index (χ2n) is 9.80. The minimum atomic E-state index is -0.480. The van der Waals surface area contributed by atoms with E-state index < -0.39 is 5.60 Å². The van der Waals surface area contributed by atoms with Crippen LogP contribution in [-0.4, -0.2) is 46.4 Å². The van der Waals surface area contributed by atoms with Crippen molar-refractivity contribution in [3.8, 4) is 0 Å². The number of ether oxygens (including phenoxy) is 1. The number of guanidine groups is 1. The van der Waals surface area contributed by atoms with Gasteiger partial charge in [0, 0.05) is 24.0 Å². The van der Waals surface area contributed by atoms with Crippen molar-refractivity contribution < 1.29 is 14.1 Å². The lowest BCUT2D eigenvalue weighted by atomic mass is 9.91. The molecule has 3 N–H and O–H groups in total. The second kappa shape index (κ2) is 11.9. The summed E-state index contributed by atoms with van der Waals surface area (Å²) in [5.74, 6) is 1.92. The highest BCUT2D eigenvalue weighted by atomic mass is 127. The molecule has 0 atom stereocenters. The molecule has 2 rings (SSSR count). The normalized spacial score (nSPS) is 19.9. The quantitative estimate of drug-likeness (QED) is 0.290. The van der Waals surface area contributed by atoms with Gasteiger partial charge in [-0.1, -0.05) is 25.9 Å². The van der Waals surface area contributed by atoms with E-state index in [9.17, 15) is 4.79 Å². The lowest BCUT2D eigenvalue weighted by Gasteiger charge is -2.31. The van der Waals surface area contributed by atoms with Crippen molar-refractivity contribution in [1.29, 1.82) is 0 Å². The van der Waals surface area contributed by atoms with E-state index in [1.54, 1.807) is 0 Å². The summed E-state index contributed by atoms with van der Waals surface area (Å²) in [5.41, 5.74) is -0.657. The van der Waals surface area contributed by atoms with Crippen LogP contribution in [0.25, 0.3) is 0 Å². The Hall–Kier alpha value is -1.59. The van der Waals surface area contributed by atoms with E-state index in [-0.39, 0.29) is 41.5 Å². The summed E-state index contributed by atoms with van der Waals surface area (Å²) in [5, 5.41) is 13.8. The largest absolute Gasteiger partial charge is 0.444 e. The lowest BCUT2D eigenvalue weighted by molar-refractivity contribution is 0.0490. The molecule has 1 aromatic rings. The van der Waals surface area contributed by atoms with Gasteiger partial charge < -0.3 is 25.2 Å². The van der Waals surface area contributed by atoms with Gasteiger partial charge in [0.25, 0.3) is 0 Å². The maximum Gasteiger partial charge on any atom is 0.407 e. The fraction of sp³-hybridized carbons (Fsp3) is 0.810. The average molecular weight is 550 g/mol. The van der Waals surface area contributed by atoms with E-state index in [4.69, 9.17) is 9.26 Å². The standard InChI is InChI=1S/C21H38N6O3.HI/c1-8-22-18(23-13-16-26-17(30-27-16)20(2,3)4)24-14-9-11-15(12-10-14)25-19(28)29-21(5,6)7;/h14-15H,8-13H2,1-7H3,(H,25,28)(H2,22,23,24);1H. The zero-order valence-corrected chi connectivity index (χ0v) is 22.2. The molecule has 0 bridgehead atoms. The number of alkyl carbamates (subject to hydrolysis) is 1. The first-order valence-electron chi connectivity index (χ1n) is 10.8. The number of aliphatic imine (C=N–C) groups is 1. The minimum absolute atomic E-state index is 0. The summed E-state index contributed by atoms with van der Waals surface area (Å²) in [4.78, 5) is 21.0. The van der Waals surface area contributed by atoms with Crippen LogP contribution in [0.4, 0.5) is 4.79 Å². The van der Waals surface area contributed by atoms with E-state index in [0.29, 0.717) is 24.3 Å². The van der Waals surface area contributed by atoms with E-state index >= 15 is 0 Å². The number of carbonyl (C=O) groups excluding carboxylic acids is 1. The number of hydrogen-bond donors (Lipinski definition) is 3. The predicted molar refractivity (Wildman–Crippen MR) is 132 cm³/mol. The number of aromatic nitrogens is 2. The maximum absolute atomic E-state index is 12.0. The first-order chi connectivity index (χ1) is 14.0. The SMILES string of the molecule is CCNC(=NCc1noc(C(C)(C)C)n1)NC1CCC(NC(=O)OC(C)(C)C)CC1.I. The molecule has 0 aliphatic heterocycles. The summed E-state index contributed by atoms with van der Waals surface area (Å²) in [6.07, 6.45) is 3.35. The van der Waals surface area contributed by atoms with Crippen molar-refractivity contribution in [2.45, 2.75) is 104 Å². The molecule has 31 heavy (non-hydrogen) atoms. The van der Waals surface area contributed by atoms with Crippen LogP contribution in [0.3, 0.4) is 0 Å². The van der Waals surface area contributed by atoms with Gasteiger partial charge in [0.1, 0.15) is 12.1 Å². The van der Waals surface area contributed by atoms with E-state index in [1.807, 2.05) is 48.5 Å². The van der Waals surface area contributed by atoms with Gasteiger partial charge >= 0.3 is 6.09 Å². The highest BCUT2D eigenvalue weighted by Gasteiger charge is 2.25. The topological polar surface area (TPSA) is 114 Å². The number of nitrogens with one attached hydrogen (secondary N) is 3. The summed E-state index contributed by atoms with van der Waals surface area (Å²) >= 11 is 0. The first kappa shape index (κ1) is 27.4. The maximum atomic E-state index is 12.0. The summed E-state index contributed by atoms with van der Waals surface area (Å²) in [7, 11) is 0. The summed E-state index contributed by atoms with van der Waals surface area (Å²) in [6, 6.07) is 0.447. The fourth-order valence-electron chi connectivity index (χ4n) is 3.14. The van der Waals surface area contributed by atoms with Crippen molar-refractivity contribution in [3.05, 3.63) is 11.7 Å². The van der Waals surface area contributed by atoms with Gasteiger partial charge in [-0.3, -0.25) is 0 Å². The Morgan fingerprint density at radius 3 is 2.16 bits per heavy atom. The van der Waals surface area contributed by atoms with Crippen LogP contribution in [0.15, 0.2) is 9.52 Å². The van der Waals surface area contributed by atoms with Crippen molar-refractivity contribution in [1.82, 2.24) is 26.1 Å². The highest BCUT2D eigenvalue weighted by molar-refractivity contribution is 14.0. The Morgan fingerprint density at radius 1 is 1.10 bits per heavy atom. The summed E-state index contributed by atoms with van der Waals surface area (Å²) < 4.78 is 10.7. The second-order valence-corrected chi connectivity index (χ2v) is 9.80. The van der Waals surface area contributed by atoms with Crippen LogP contribution in [0.2, 0.25) is 0 Å². The Bertz CT molecular complexity index is 715. The summed E-state index contributed by atoms with van der Waals surface area (Å²) in [6.45, 7) is 14.9. The Kier molecular flexibility index (Phi) is 10.5. The molecule has 0 spiro atoms. The highest BCUT2D eigenvalue weighted by Crippen LogP contribution is 2.20. The molecule has 0 radical (unpaired) electrons. The molecule has 1 amide bonds. The third-order valence-corrected chi connectivity index (χ3v) is 4.62. The number of amides is 1. The van der Waals surface area contributed by atoms with Gasteiger partial charge in [-0.2, -0.15) is 4.98 Å². The van der Waals surface area contributed by atoms with Gasteiger partial charge in [0.15, 0.2) is 11.8 Å². The molecule has 1 fully saturated rings. The van der Waals surface area contributed by atoms with Gasteiger partial charge in [-0.25, -0.2) is 9.79 Å². The van der Waals surface area contributed by atoms with Crippen molar-refractivity contribution in [2.24, 2.45) is 4.99 Å². The number of halogens is 1. The Balaban J connectivity index is 0.00000480. The van der Waals surface area contributed by atoms with Crippen LogP contribution >= 0.6 is 24.0 Å². The molecule has 1 aromatic heterocycles. The average Bonchev–Trinajstić information content (AvgIpc) is 3.09. The van der Waals surface area contributed by atoms with Crippen LogP contribution in [0.1, 0.15) is 85.9 Å². The Labute approximate surface area is 203 Å². The van der Waals surface area contributed by atoms with Crippen LogP contribution < -0.4 is 16.0 Å². The zero-order valence-electron chi connectivity index (χ0n) is 19.9. The molecule has 0 saturated heterocycles. The predicted octanol–water partition coefficient (Wildman–Crippen LogP) is 3.88.